The molecule has 3 amide bonds. The number of benzene rings is 1. The summed E-state index contributed by atoms with van der Waals surface area (Å²) in [6.07, 6.45) is 3.19. The van der Waals surface area contributed by atoms with Crippen LogP contribution in [0.4, 0.5) is 4.79 Å². The van der Waals surface area contributed by atoms with Crippen molar-refractivity contribution in [1.29, 1.82) is 5.26 Å². The molecule has 0 spiro atoms. The van der Waals surface area contributed by atoms with Gasteiger partial charge in [0.05, 0.1) is 11.6 Å². The average molecular weight is 328 g/mol. The Bertz CT molecular complexity index is 621. The molecule has 6 nitrogen and oxygen atoms in total. The van der Waals surface area contributed by atoms with Gasteiger partial charge >= 0.3 is 6.03 Å². The van der Waals surface area contributed by atoms with E-state index in [0.29, 0.717) is 12.1 Å². The molecule has 1 aliphatic heterocycles. The summed E-state index contributed by atoms with van der Waals surface area (Å²) in [4.78, 5) is 26.3. The topological polar surface area (TPSA) is 85.2 Å². The fraction of sp³-hybridized carbons (Fsp3) is 0.500. The molecule has 0 radical (unpaired) electrons. The number of nitriles is 1. The van der Waals surface area contributed by atoms with Crippen molar-refractivity contribution in [1.82, 2.24) is 15.5 Å². The fourth-order valence-corrected chi connectivity index (χ4v) is 2.86. The zero-order chi connectivity index (χ0) is 17.5. The van der Waals surface area contributed by atoms with Crippen LogP contribution in [0.5, 0.6) is 0 Å². The first-order valence-electron chi connectivity index (χ1n) is 8.35. The highest BCUT2D eigenvalue weighted by atomic mass is 16.2. The number of rotatable bonds is 4. The molecule has 0 aliphatic carbocycles. The SMILES string of the molecule is CC(NC(=O)NCc1ccc(C#N)cc1)C(=O)N1CCCCC1C. The Balaban J connectivity index is 1.80. The van der Waals surface area contributed by atoms with Gasteiger partial charge in [-0.15, -0.1) is 0 Å². The van der Waals surface area contributed by atoms with Gasteiger partial charge in [0.1, 0.15) is 6.04 Å². The number of hydrogen-bond acceptors (Lipinski definition) is 3. The van der Waals surface area contributed by atoms with E-state index in [1.54, 1.807) is 31.2 Å². The molecule has 2 atom stereocenters. The van der Waals surface area contributed by atoms with E-state index in [2.05, 4.69) is 23.6 Å². The molecule has 6 heteroatoms. The van der Waals surface area contributed by atoms with Crippen LogP contribution in [0.15, 0.2) is 24.3 Å². The van der Waals surface area contributed by atoms with Gasteiger partial charge in [-0.05, 0) is 50.8 Å². The molecule has 1 fully saturated rings. The summed E-state index contributed by atoms with van der Waals surface area (Å²) in [5, 5.41) is 14.2. The van der Waals surface area contributed by atoms with Crippen LogP contribution in [0.25, 0.3) is 0 Å². The number of piperidine rings is 1. The van der Waals surface area contributed by atoms with Gasteiger partial charge in [-0.3, -0.25) is 4.79 Å². The number of urea groups is 1. The minimum absolute atomic E-state index is 0.0317. The maximum atomic E-state index is 12.4. The van der Waals surface area contributed by atoms with E-state index in [1.807, 2.05) is 4.90 Å². The quantitative estimate of drug-likeness (QED) is 0.888. The molecule has 0 saturated carbocycles. The highest BCUT2D eigenvalue weighted by molar-refractivity contribution is 5.87. The summed E-state index contributed by atoms with van der Waals surface area (Å²) < 4.78 is 0. The summed E-state index contributed by atoms with van der Waals surface area (Å²) in [6, 6.07) is 8.37. The highest BCUT2D eigenvalue weighted by Gasteiger charge is 2.27. The standard InChI is InChI=1S/C18H24N4O2/c1-13-5-3-4-10-22(13)17(23)14(2)21-18(24)20-12-16-8-6-15(11-19)7-9-16/h6-9,13-14H,3-5,10,12H2,1-2H3,(H2,20,21,24). The molecule has 2 unspecified atom stereocenters. The number of carbonyl (C=O) groups is 2. The first-order chi connectivity index (χ1) is 11.5. The van der Waals surface area contributed by atoms with Gasteiger partial charge in [0, 0.05) is 19.1 Å². The maximum absolute atomic E-state index is 12.4. The minimum atomic E-state index is -0.550. The Kier molecular flexibility index (Phi) is 6.19. The van der Waals surface area contributed by atoms with Crippen LogP contribution < -0.4 is 10.6 Å². The first kappa shape index (κ1) is 17.8. The second-order valence-corrected chi connectivity index (χ2v) is 6.23. The molecule has 128 valence electrons. The maximum Gasteiger partial charge on any atom is 0.315 e. The van der Waals surface area contributed by atoms with E-state index < -0.39 is 6.04 Å². The monoisotopic (exact) mass is 328 g/mol. The van der Waals surface area contributed by atoms with Gasteiger partial charge < -0.3 is 15.5 Å². The second kappa shape index (κ2) is 8.34. The van der Waals surface area contributed by atoms with Gasteiger partial charge in [-0.1, -0.05) is 12.1 Å². The van der Waals surface area contributed by atoms with Crippen LogP contribution in [-0.2, 0) is 11.3 Å². The predicted molar refractivity (Wildman–Crippen MR) is 91.0 cm³/mol. The molecule has 24 heavy (non-hydrogen) atoms. The van der Waals surface area contributed by atoms with Gasteiger partial charge in [-0.25, -0.2) is 4.79 Å². The molecule has 1 saturated heterocycles. The number of likely N-dealkylation sites (tertiary alicyclic amines) is 1. The lowest BCUT2D eigenvalue weighted by Crippen LogP contribution is -2.53. The van der Waals surface area contributed by atoms with Crippen LogP contribution in [0.1, 0.15) is 44.2 Å². The largest absolute Gasteiger partial charge is 0.338 e. The van der Waals surface area contributed by atoms with Gasteiger partial charge in [0.2, 0.25) is 5.91 Å². The summed E-state index contributed by atoms with van der Waals surface area (Å²) in [5.74, 6) is -0.0317. The van der Waals surface area contributed by atoms with Crippen molar-refractivity contribution in [3.63, 3.8) is 0 Å². The molecule has 0 aromatic heterocycles. The smallest absolute Gasteiger partial charge is 0.315 e. The van der Waals surface area contributed by atoms with Crippen molar-refractivity contribution in [2.45, 2.75) is 51.7 Å². The second-order valence-electron chi connectivity index (χ2n) is 6.23. The van der Waals surface area contributed by atoms with Gasteiger partial charge in [-0.2, -0.15) is 5.26 Å². The van der Waals surface area contributed by atoms with Crippen LogP contribution in [0, 0.1) is 11.3 Å². The summed E-state index contributed by atoms with van der Waals surface area (Å²) >= 11 is 0. The van der Waals surface area contributed by atoms with Crippen LogP contribution in [0.3, 0.4) is 0 Å². The minimum Gasteiger partial charge on any atom is -0.338 e. The van der Waals surface area contributed by atoms with Crippen LogP contribution in [-0.4, -0.2) is 35.5 Å². The number of carbonyl (C=O) groups excluding carboxylic acids is 2. The third-order valence-electron chi connectivity index (χ3n) is 4.34. The molecular formula is C18H24N4O2. The van der Waals surface area contributed by atoms with Crippen molar-refractivity contribution in [2.24, 2.45) is 0 Å². The highest BCUT2D eigenvalue weighted by Crippen LogP contribution is 2.17. The fourth-order valence-electron chi connectivity index (χ4n) is 2.86. The molecule has 1 heterocycles. The molecule has 2 N–H and O–H groups in total. The molecule has 0 bridgehead atoms. The molecule has 1 aliphatic rings. The summed E-state index contributed by atoms with van der Waals surface area (Å²) in [5.41, 5.74) is 1.48. The van der Waals surface area contributed by atoms with Crippen molar-refractivity contribution in [3.8, 4) is 6.07 Å². The molecule has 2 rings (SSSR count). The Morgan fingerprint density at radius 1 is 1.33 bits per heavy atom. The van der Waals surface area contributed by atoms with Crippen molar-refractivity contribution < 1.29 is 9.59 Å². The lowest BCUT2D eigenvalue weighted by Gasteiger charge is -2.35. The number of amides is 3. The first-order valence-corrected chi connectivity index (χ1v) is 8.35. The Morgan fingerprint density at radius 3 is 2.67 bits per heavy atom. The number of nitrogens with zero attached hydrogens (tertiary/aromatic N) is 2. The average Bonchev–Trinajstić information content (AvgIpc) is 2.60. The van der Waals surface area contributed by atoms with E-state index in [-0.39, 0.29) is 18.0 Å². The molecule has 1 aromatic carbocycles. The Labute approximate surface area is 142 Å². The third-order valence-corrected chi connectivity index (χ3v) is 4.34. The Hall–Kier alpha value is -2.55. The van der Waals surface area contributed by atoms with E-state index in [4.69, 9.17) is 5.26 Å². The van der Waals surface area contributed by atoms with Crippen molar-refractivity contribution >= 4 is 11.9 Å². The number of hydrogen-bond donors (Lipinski definition) is 2. The Morgan fingerprint density at radius 2 is 2.04 bits per heavy atom. The van der Waals surface area contributed by atoms with Crippen molar-refractivity contribution in [3.05, 3.63) is 35.4 Å². The molecule has 1 aromatic rings. The molecular weight excluding hydrogens is 304 g/mol. The zero-order valence-corrected chi connectivity index (χ0v) is 14.2. The van der Waals surface area contributed by atoms with E-state index in [9.17, 15) is 9.59 Å². The number of nitrogens with one attached hydrogen (secondary N) is 2. The van der Waals surface area contributed by atoms with Crippen LogP contribution in [0.2, 0.25) is 0 Å². The third kappa shape index (κ3) is 4.72. The summed E-state index contributed by atoms with van der Waals surface area (Å²) in [7, 11) is 0. The normalized spacial score (nSPS) is 18.4. The van der Waals surface area contributed by atoms with E-state index in [1.165, 1.54) is 0 Å². The van der Waals surface area contributed by atoms with Gasteiger partial charge in [0.25, 0.3) is 0 Å². The zero-order valence-electron chi connectivity index (χ0n) is 14.2. The van der Waals surface area contributed by atoms with Crippen molar-refractivity contribution in [2.75, 3.05) is 6.54 Å². The van der Waals surface area contributed by atoms with E-state index >= 15 is 0 Å². The lowest BCUT2D eigenvalue weighted by atomic mass is 10.0. The van der Waals surface area contributed by atoms with Gasteiger partial charge in [0.15, 0.2) is 0 Å². The summed E-state index contributed by atoms with van der Waals surface area (Å²) in [6.45, 7) is 4.87. The lowest BCUT2D eigenvalue weighted by molar-refractivity contribution is -0.136. The van der Waals surface area contributed by atoms with Crippen LogP contribution >= 0.6 is 0 Å². The predicted octanol–water partition coefficient (Wildman–Crippen LogP) is 2.15. The van der Waals surface area contributed by atoms with E-state index in [0.717, 1.165) is 31.4 Å².